The molecular weight excluding hydrogens is 665 g/mol. The number of carboxylic acid groups (broad SMARTS) is 1. The van der Waals surface area contributed by atoms with Crippen molar-refractivity contribution in [1.82, 2.24) is 24.1 Å². The van der Waals surface area contributed by atoms with E-state index in [9.17, 15) is 19.4 Å². The van der Waals surface area contributed by atoms with Gasteiger partial charge in [-0.3, -0.25) is 9.36 Å². The van der Waals surface area contributed by atoms with Crippen LogP contribution in [0.15, 0.2) is 48.5 Å². The Morgan fingerprint density at radius 1 is 1.02 bits per heavy atom. The van der Waals surface area contributed by atoms with E-state index in [1.807, 2.05) is 42.9 Å². The number of hydrogen-bond donors (Lipinski definition) is 2. The van der Waals surface area contributed by atoms with Crippen molar-refractivity contribution in [3.05, 3.63) is 99.0 Å². The first-order valence-electron chi connectivity index (χ1n) is 16.3. The Bertz CT molecular complexity index is 2240. The number of thioether (sulfide) groups is 1. The molecule has 0 radical (unpaired) electrons. The van der Waals surface area contributed by atoms with E-state index in [-0.39, 0.29) is 18.1 Å². The number of aryl methyl sites for hydroxylation is 5. The van der Waals surface area contributed by atoms with E-state index in [1.165, 1.54) is 12.1 Å². The quantitative estimate of drug-likeness (QED) is 0.200. The molecule has 0 saturated carbocycles. The van der Waals surface area contributed by atoms with Crippen LogP contribution in [0.3, 0.4) is 0 Å². The summed E-state index contributed by atoms with van der Waals surface area (Å²) in [6, 6.07) is 14.6. The molecule has 6 aromatic rings. The van der Waals surface area contributed by atoms with Gasteiger partial charge in [-0.15, -0.1) is 11.8 Å². The lowest BCUT2D eigenvalue weighted by atomic mass is 9.98. The van der Waals surface area contributed by atoms with Crippen molar-refractivity contribution in [3.63, 3.8) is 0 Å². The molecule has 3 aromatic heterocycles. The van der Waals surface area contributed by atoms with Crippen molar-refractivity contribution in [3.8, 4) is 16.9 Å². The number of hydrogen-bond acceptors (Lipinski definition) is 6. The van der Waals surface area contributed by atoms with E-state index in [4.69, 9.17) is 26.5 Å². The van der Waals surface area contributed by atoms with Crippen molar-refractivity contribution < 1.29 is 24.1 Å². The van der Waals surface area contributed by atoms with E-state index in [1.54, 1.807) is 34.1 Å². The standard InChI is InChI=1S/C37H37ClFN5O4S/c1-21-33-31(41-44(21)12-13-45)20-49-19-25-18-26(43(3)40-25)8-6-22-15-23-17-24(39)7-9-27(23)32(16-22)48-14-4-5-28-29-10-11-30(38)34(33)35(29)42(2)36(28)37(46)47/h7,9-11,15-18,45H,4-6,8,12-14,19-20H2,1-3H3,(H,46,47). The van der Waals surface area contributed by atoms with Gasteiger partial charge in [-0.2, -0.15) is 10.2 Å². The molecule has 0 amide bonds. The van der Waals surface area contributed by atoms with Crippen molar-refractivity contribution in [2.45, 2.75) is 50.7 Å². The number of benzene rings is 3. The van der Waals surface area contributed by atoms with E-state index < -0.39 is 5.97 Å². The Hall–Kier alpha value is -4.32. The second-order valence-electron chi connectivity index (χ2n) is 12.5. The van der Waals surface area contributed by atoms with Crippen molar-refractivity contribution in [2.75, 3.05) is 13.2 Å². The highest BCUT2D eigenvalue weighted by molar-refractivity contribution is 7.97. The second kappa shape index (κ2) is 13.5. The lowest BCUT2D eigenvalue weighted by Crippen LogP contribution is -2.09. The zero-order valence-electron chi connectivity index (χ0n) is 27.6. The van der Waals surface area contributed by atoms with Gasteiger partial charge < -0.3 is 19.5 Å². The first kappa shape index (κ1) is 33.2. The highest BCUT2D eigenvalue weighted by Crippen LogP contribution is 2.43. The summed E-state index contributed by atoms with van der Waals surface area (Å²) in [5, 5.41) is 32.9. The van der Waals surface area contributed by atoms with Crippen LogP contribution >= 0.6 is 23.4 Å². The lowest BCUT2D eigenvalue weighted by Gasteiger charge is -2.13. The van der Waals surface area contributed by atoms with Gasteiger partial charge in [0.25, 0.3) is 0 Å². The fraction of sp³-hybridized carbons (Fsp3) is 0.324. The van der Waals surface area contributed by atoms with Crippen LogP contribution in [0, 0.1) is 12.7 Å². The molecule has 0 fully saturated rings. The van der Waals surface area contributed by atoms with Crippen molar-refractivity contribution in [1.29, 1.82) is 0 Å². The van der Waals surface area contributed by atoms with E-state index in [0.29, 0.717) is 53.8 Å². The van der Waals surface area contributed by atoms with Crippen LogP contribution in [0.25, 0.3) is 32.8 Å². The number of rotatable bonds is 3. The fourth-order valence-electron chi connectivity index (χ4n) is 7.17. The maximum absolute atomic E-state index is 14.3. The molecule has 0 unspecified atom stereocenters. The third-order valence-corrected chi connectivity index (χ3v) is 10.7. The molecule has 8 bridgehead atoms. The number of carbonyl (C=O) groups is 1. The Morgan fingerprint density at radius 2 is 1.84 bits per heavy atom. The van der Waals surface area contributed by atoms with Gasteiger partial charge in [0, 0.05) is 58.9 Å². The highest BCUT2D eigenvalue weighted by Gasteiger charge is 2.27. The molecule has 3 aromatic carbocycles. The average Bonchev–Trinajstić information content (AvgIpc) is 3.67. The maximum atomic E-state index is 14.3. The number of aromatic nitrogens is 5. The van der Waals surface area contributed by atoms with Crippen LogP contribution in [-0.2, 0) is 51.4 Å². The summed E-state index contributed by atoms with van der Waals surface area (Å²) < 4.78 is 26.1. The van der Waals surface area contributed by atoms with Gasteiger partial charge in [0.1, 0.15) is 17.3 Å². The molecular formula is C37H37ClFN5O4S. The van der Waals surface area contributed by atoms with Crippen molar-refractivity contribution >= 4 is 51.0 Å². The summed E-state index contributed by atoms with van der Waals surface area (Å²) in [4.78, 5) is 12.8. The smallest absolute Gasteiger partial charge is 0.352 e. The molecule has 1 aliphatic heterocycles. The number of carboxylic acids is 1. The summed E-state index contributed by atoms with van der Waals surface area (Å²) >= 11 is 8.68. The minimum absolute atomic E-state index is 0.0704. The summed E-state index contributed by atoms with van der Waals surface area (Å²) in [7, 11) is 3.72. The van der Waals surface area contributed by atoms with Gasteiger partial charge in [-0.25, -0.2) is 9.18 Å². The minimum Gasteiger partial charge on any atom is -0.493 e. The predicted octanol–water partition coefficient (Wildman–Crippen LogP) is 7.26. The molecule has 7 rings (SSSR count). The average molecular weight is 702 g/mol. The third kappa shape index (κ3) is 6.19. The molecule has 12 heteroatoms. The van der Waals surface area contributed by atoms with E-state index in [0.717, 1.165) is 74.0 Å². The zero-order chi connectivity index (χ0) is 34.4. The summed E-state index contributed by atoms with van der Waals surface area (Å²) in [6.45, 7) is 2.55. The van der Waals surface area contributed by atoms with Gasteiger partial charge in [0.15, 0.2) is 0 Å². The van der Waals surface area contributed by atoms with Crippen molar-refractivity contribution in [2.24, 2.45) is 14.1 Å². The van der Waals surface area contributed by atoms with Gasteiger partial charge >= 0.3 is 5.97 Å². The van der Waals surface area contributed by atoms with Crippen LogP contribution in [-0.4, -0.2) is 53.5 Å². The Kier molecular flexibility index (Phi) is 9.17. The second-order valence-corrected chi connectivity index (χ2v) is 13.9. The number of aromatic carboxylic acids is 1. The van der Waals surface area contributed by atoms with Crippen LogP contribution in [0.1, 0.15) is 50.8 Å². The molecule has 9 nitrogen and oxygen atoms in total. The summed E-state index contributed by atoms with van der Waals surface area (Å²) in [6.07, 6.45) is 2.48. The molecule has 0 saturated heterocycles. The monoisotopic (exact) mass is 701 g/mol. The molecule has 0 aliphatic carbocycles. The normalized spacial score (nSPS) is 14.2. The van der Waals surface area contributed by atoms with Crippen LogP contribution in [0.5, 0.6) is 5.75 Å². The Labute approximate surface area is 292 Å². The van der Waals surface area contributed by atoms with E-state index >= 15 is 0 Å². The van der Waals surface area contributed by atoms with Crippen LogP contribution in [0.4, 0.5) is 4.39 Å². The zero-order valence-corrected chi connectivity index (χ0v) is 29.2. The van der Waals surface area contributed by atoms with E-state index in [2.05, 4.69) is 6.07 Å². The fourth-order valence-corrected chi connectivity index (χ4v) is 8.27. The Balaban J connectivity index is 1.37. The number of ether oxygens (including phenoxy) is 1. The molecule has 49 heavy (non-hydrogen) atoms. The lowest BCUT2D eigenvalue weighted by molar-refractivity contribution is 0.0685. The molecule has 4 heterocycles. The molecule has 2 N–H and O–H groups in total. The molecule has 0 spiro atoms. The van der Waals surface area contributed by atoms with Gasteiger partial charge in [-0.05, 0) is 85.5 Å². The third-order valence-electron chi connectivity index (χ3n) is 9.40. The highest BCUT2D eigenvalue weighted by atomic mass is 35.5. The number of aliphatic hydroxyl groups is 1. The van der Waals surface area contributed by atoms with Crippen LogP contribution in [0.2, 0.25) is 5.02 Å². The van der Waals surface area contributed by atoms with Gasteiger partial charge in [-0.1, -0.05) is 23.7 Å². The number of fused-ring (bicyclic) bond motifs is 8. The number of aliphatic hydroxyl groups excluding tert-OH is 1. The largest absolute Gasteiger partial charge is 0.493 e. The van der Waals surface area contributed by atoms with Gasteiger partial charge in [0.05, 0.1) is 41.7 Å². The topological polar surface area (TPSA) is 107 Å². The Morgan fingerprint density at radius 3 is 2.63 bits per heavy atom. The SMILES string of the molecule is Cc1c2c(nn1CCO)CSCc1cc(n(C)n1)CCc1cc(c3ccc(F)cc3c1)OCCCc1c(C(=O)O)n(C)c3c-2c(Cl)ccc13. The molecule has 1 aliphatic rings. The predicted molar refractivity (Wildman–Crippen MR) is 191 cm³/mol. The summed E-state index contributed by atoms with van der Waals surface area (Å²) in [5.41, 5.74) is 7.94. The maximum Gasteiger partial charge on any atom is 0.352 e. The summed E-state index contributed by atoms with van der Waals surface area (Å²) in [5.74, 6) is 0.561. The number of halogens is 2. The first-order valence-corrected chi connectivity index (χ1v) is 17.8. The molecule has 254 valence electrons. The molecule has 0 atom stereocenters. The van der Waals surface area contributed by atoms with Gasteiger partial charge in [0.2, 0.25) is 0 Å². The first-order chi connectivity index (χ1) is 23.6. The minimum atomic E-state index is -1.02. The number of nitrogens with zero attached hydrogens (tertiary/aromatic N) is 5. The van der Waals surface area contributed by atoms with Crippen LogP contribution < -0.4 is 4.74 Å².